The lowest BCUT2D eigenvalue weighted by molar-refractivity contribution is -0.122. The van der Waals surface area contributed by atoms with Crippen molar-refractivity contribution in [2.24, 2.45) is 0 Å². The molecular formula is C11H12FNO3. The standard InChI is InChI=1S/C11H12FNO3/c1-15-7-11(14)13-4-5-16-10-3-2-8(12)6-9(10)13/h2-3,6H,4-5,7H2,1H3. The van der Waals surface area contributed by atoms with E-state index in [4.69, 9.17) is 9.47 Å². The number of halogens is 1. The molecule has 1 aliphatic heterocycles. The number of rotatable bonds is 2. The number of nitrogens with zero attached hydrogens (tertiary/aromatic N) is 1. The van der Waals surface area contributed by atoms with Crippen LogP contribution in [0.4, 0.5) is 10.1 Å². The van der Waals surface area contributed by atoms with E-state index >= 15 is 0 Å². The van der Waals surface area contributed by atoms with Crippen LogP contribution >= 0.6 is 0 Å². The lowest BCUT2D eigenvalue weighted by Gasteiger charge is -2.29. The zero-order valence-corrected chi connectivity index (χ0v) is 8.90. The number of hydrogen-bond donors (Lipinski definition) is 0. The second kappa shape index (κ2) is 4.49. The number of carbonyl (C=O) groups is 1. The Kier molecular flexibility index (Phi) is 3.05. The molecule has 0 saturated carbocycles. The molecule has 0 radical (unpaired) electrons. The minimum atomic E-state index is -0.389. The van der Waals surface area contributed by atoms with E-state index in [9.17, 15) is 9.18 Å². The molecule has 0 bridgehead atoms. The predicted octanol–water partition coefficient (Wildman–Crippen LogP) is 1.20. The summed E-state index contributed by atoms with van der Waals surface area (Å²) in [6.45, 7) is 0.808. The Bertz CT molecular complexity index is 408. The first-order chi connectivity index (χ1) is 7.72. The zero-order chi connectivity index (χ0) is 11.5. The van der Waals surface area contributed by atoms with Crippen LogP contribution in [0.5, 0.6) is 5.75 Å². The Morgan fingerprint density at radius 1 is 1.62 bits per heavy atom. The highest BCUT2D eigenvalue weighted by molar-refractivity contribution is 5.96. The molecule has 4 nitrogen and oxygen atoms in total. The summed E-state index contributed by atoms with van der Waals surface area (Å²) in [5.41, 5.74) is 0.466. The molecule has 0 N–H and O–H groups in total. The van der Waals surface area contributed by atoms with Crippen LogP contribution in [-0.4, -0.2) is 32.8 Å². The number of hydrogen-bond acceptors (Lipinski definition) is 3. The number of anilines is 1. The second-order valence-electron chi connectivity index (χ2n) is 3.44. The number of methoxy groups -OCH3 is 1. The molecule has 1 amide bonds. The van der Waals surface area contributed by atoms with Gasteiger partial charge >= 0.3 is 0 Å². The van der Waals surface area contributed by atoms with E-state index in [0.29, 0.717) is 24.6 Å². The molecule has 16 heavy (non-hydrogen) atoms. The lowest BCUT2D eigenvalue weighted by Crippen LogP contribution is -2.39. The lowest BCUT2D eigenvalue weighted by atomic mass is 10.2. The monoisotopic (exact) mass is 225 g/mol. The van der Waals surface area contributed by atoms with Gasteiger partial charge in [0.15, 0.2) is 0 Å². The normalized spacial score (nSPS) is 14.2. The predicted molar refractivity (Wildman–Crippen MR) is 56.1 cm³/mol. The Labute approximate surface area is 92.6 Å². The van der Waals surface area contributed by atoms with Gasteiger partial charge in [-0.1, -0.05) is 0 Å². The van der Waals surface area contributed by atoms with Crippen molar-refractivity contribution in [3.63, 3.8) is 0 Å². The molecule has 0 atom stereocenters. The third-order valence-electron chi connectivity index (χ3n) is 2.35. The van der Waals surface area contributed by atoms with Crippen molar-refractivity contribution < 1.29 is 18.7 Å². The average Bonchev–Trinajstić information content (AvgIpc) is 2.28. The van der Waals surface area contributed by atoms with Gasteiger partial charge in [-0.2, -0.15) is 0 Å². The third kappa shape index (κ3) is 1.99. The maximum atomic E-state index is 13.1. The third-order valence-corrected chi connectivity index (χ3v) is 2.35. The summed E-state index contributed by atoms with van der Waals surface area (Å²) in [5, 5.41) is 0. The van der Waals surface area contributed by atoms with Gasteiger partial charge in [-0.3, -0.25) is 4.79 Å². The maximum Gasteiger partial charge on any atom is 0.253 e. The van der Waals surface area contributed by atoms with Crippen LogP contribution in [-0.2, 0) is 9.53 Å². The molecule has 0 unspecified atom stereocenters. The summed E-state index contributed by atoms with van der Waals surface area (Å²) < 4.78 is 23.2. The SMILES string of the molecule is COCC(=O)N1CCOc2ccc(F)cc21. The molecule has 1 aromatic carbocycles. The molecule has 1 aromatic rings. The highest BCUT2D eigenvalue weighted by Gasteiger charge is 2.23. The van der Waals surface area contributed by atoms with Gasteiger partial charge in [0.2, 0.25) is 0 Å². The van der Waals surface area contributed by atoms with Crippen molar-refractivity contribution in [2.45, 2.75) is 0 Å². The fourth-order valence-corrected chi connectivity index (χ4v) is 1.65. The van der Waals surface area contributed by atoms with Crippen LogP contribution in [0.3, 0.4) is 0 Å². The Morgan fingerprint density at radius 3 is 3.19 bits per heavy atom. The zero-order valence-electron chi connectivity index (χ0n) is 8.90. The van der Waals surface area contributed by atoms with Gasteiger partial charge in [-0.25, -0.2) is 4.39 Å². The molecule has 0 saturated heterocycles. The largest absolute Gasteiger partial charge is 0.490 e. The first-order valence-corrected chi connectivity index (χ1v) is 4.94. The Morgan fingerprint density at radius 2 is 2.44 bits per heavy atom. The van der Waals surface area contributed by atoms with Crippen LogP contribution in [0.15, 0.2) is 18.2 Å². The van der Waals surface area contributed by atoms with Crippen LogP contribution in [0.2, 0.25) is 0 Å². The molecular weight excluding hydrogens is 213 g/mol. The van der Waals surface area contributed by atoms with Crippen LogP contribution in [0.25, 0.3) is 0 Å². The van der Waals surface area contributed by atoms with Crippen molar-refractivity contribution in [2.75, 3.05) is 31.8 Å². The maximum absolute atomic E-state index is 13.1. The van der Waals surface area contributed by atoms with Gasteiger partial charge in [-0.05, 0) is 12.1 Å². The second-order valence-corrected chi connectivity index (χ2v) is 3.44. The van der Waals surface area contributed by atoms with Gasteiger partial charge in [0.05, 0.1) is 12.2 Å². The number of amides is 1. The van der Waals surface area contributed by atoms with Gasteiger partial charge in [0, 0.05) is 13.2 Å². The van der Waals surface area contributed by atoms with Crippen LogP contribution in [0, 0.1) is 5.82 Å². The molecule has 0 aromatic heterocycles. The summed E-state index contributed by atoms with van der Waals surface area (Å²) in [7, 11) is 1.45. The van der Waals surface area contributed by atoms with E-state index in [1.807, 2.05) is 0 Å². The highest BCUT2D eigenvalue weighted by Crippen LogP contribution is 2.32. The number of ether oxygens (including phenoxy) is 2. The molecule has 5 heteroatoms. The van der Waals surface area contributed by atoms with E-state index in [1.165, 1.54) is 30.2 Å². The van der Waals surface area contributed by atoms with E-state index in [0.717, 1.165) is 0 Å². The number of benzene rings is 1. The van der Waals surface area contributed by atoms with Crippen LogP contribution < -0.4 is 9.64 Å². The van der Waals surface area contributed by atoms with Crippen molar-refractivity contribution in [1.82, 2.24) is 0 Å². The number of carbonyl (C=O) groups excluding carboxylic acids is 1. The smallest absolute Gasteiger partial charge is 0.253 e. The van der Waals surface area contributed by atoms with Crippen molar-refractivity contribution in [1.29, 1.82) is 0 Å². The van der Waals surface area contributed by atoms with E-state index < -0.39 is 0 Å². The van der Waals surface area contributed by atoms with Crippen molar-refractivity contribution in [3.05, 3.63) is 24.0 Å². The fourth-order valence-electron chi connectivity index (χ4n) is 1.65. The van der Waals surface area contributed by atoms with Gasteiger partial charge < -0.3 is 14.4 Å². The first-order valence-electron chi connectivity index (χ1n) is 4.94. The van der Waals surface area contributed by atoms with Gasteiger partial charge in [-0.15, -0.1) is 0 Å². The molecule has 2 rings (SSSR count). The molecule has 86 valence electrons. The number of fused-ring (bicyclic) bond motifs is 1. The molecule has 1 heterocycles. The molecule has 0 fully saturated rings. The van der Waals surface area contributed by atoms with E-state index in [1.54, 1.807) is 0 Å². The minimum Gasteiger partial charge on any atom is -0.490 e. The first kappa shape index (κ1) is 10.9. The van der Waals surface area contributed by atoms with Crippen molar-refractivity contribution in [3.8, 4) is 5.75 Å². The van der Waals surface area contributed by atoms with Gasteiger partial charge in [0.1, 0.15) is 24.8 Å². The van der Waals surface area contributed by atoms with Crippen LogP contribution in [0.1, 0.15) is 0 Å². The van der Waals surface area contributed by atoms with Crippen molar-refractivity contribution >= 4 is 11.6 Å². The summed E-state index contributed by atoms with van der Waals surface area (Å²) in [4.78, 5) is 13.2. The topological polar surface area (TPSA) is 38.8 Å². The summed E-state index contributed by atoms with van der Waals surface area (Å²) >= 11 is 0. The minimum absolute atomic E-state index is 0.0179. The van der Waals surface area contributed by atoms with E-state index in [-0.39, 0.29) is 18.3 Å². The summed E-state index contributed by atoms with van der Waals surface area (Å²) in [5.74, 6) is -0.0609. The molecule has 0 aliphatic carbocycles. The Balaban J connectivity index is 2.31. The average molecular weight is 225 g/mol. The quantitative estimate of drug-likeness (QED) is 0.759. The van der Waals surface area contributed by atoms with E-state index in [2.05, 4.69) is 0 Å². The summed E-state index contributed by atoms with van der Waals surface area (Å²) in [6.07, 6.45) is 0. The highest BCUT2D eigenvalue weighted by atomic mass is 19.1. The molecule has 0 spiro atoms. The fraction of sp³-hybridized carbons (Fsp3) is 0.364. The molecule has 1 aliphatic rings. The summed E-state index contributed by atoms with van der Waals surface area (Å²) in [6, 6.07) is 4.13. The Hall–Kier alpha value is -1.62. The van der Waals surface area contributed by atoms with Gasteiger partial charge in [0.25, 0.3) is 5.91 Å².